The van der Waals surface area contributed by atoms with Gasteiger partial charge < -0.3 is 0 Å². The van der Waals surface area contributed by atoms with Crippen LogP contribution in [0.1, 0.15) is 76.7 Å². The molecule has 38 heavy (non-hydrogen) atoms. The first-order chi connectivity index (χ1) is 18.4. The van der Waals surface area contributed by atoms with Gasteiger partial charge in [0.1, 0.15) is 0 Å². The first-order valence-electron chi connectivity index (χ1n) is 13.4. The van der Waals surface area contributed by atoms with E-state index in [0.717, 1.165) is 22.0 Å². The van der Waals surface area contributed by atoms with E-state index in [1.54, 1.807) is 24.3 Å². The number of non-ortho nitro benzene ring substituents is 1. The van der Waals surface area contributed by atoms with Crippen molar-refractivity contribution < 1.29 is 15.9 Å². The molecule has 0 aromatic heterocycles. The Morgan fingerprint density at radius 3 is 1.84 bits per heavy atom. The molecule has 0 spiro atoms. The molecule has 3 aromatic rings. The van der Waals surface area contributed by atoms with Crippen LogP contribution < -0.4 is 0 Å². The van der Waals surface area contributed by atoms with Gasteiger partial charge in [-0.2, -0.15) is 0 Å². The van der Waals surface area contributed by atoms with Crippen molar-refractivity contribution in [3.8, 4) is 0 Å². The second-order valence-corrected chi connectivity index (χ2v) is 15.8. The van der Waals surface area contributed by atoms with Crippen LogP contribution in [0, 0.1) is 17.3 Å². The summed E-state index contributed by atoms with van der Waals surface area (Å²) in [4.78, 5) is 10.9. The van der Waals surface area contributed by atoms with Gasteiger partial charge in [-0.3, -0.25) is 0 Å². The normalized spacial score (nSPS) is 11.9. The molecule has 6 nitrogen and oxygen atoms in total. The molecular formula is C30H38INO5S. The van der Waals surface area contributed by atoms with E-state index < -0.39 is 35.3 Å². The van der Waals surface area contributed by atoms with Gasteiger partial charge in [-0.1, -0.05) is 26.2 Å². The third kappa shape index (κ3) is 9.47. The summed E-state index contributed by atoms with van der Waals surface area (Å²) in [6.45, 7) is 2.23. The van der Waals surface area contributed by atoms with Crippen LogP contribution in [0.5, 0.6) is 0 Å². The average Bonchev–Trinajstić information content (AvgIpc) is 2.93. The zero-order valence-corrected chi connectivity index (χ0v) is 25.0. The van der Waals surface area contributed by atoms with Crippen molar-refractivity contribution in [2.45, 2.75) is 82.4 Å². The van der Waals surface area contributed by atoms with E-state index in [1.807, 2.05) is 42.5 Å². The van der Waals surface area contributed by atoms with Gasteiger partial charge in [0.25, 0.3) is 0 Å². The van der Waals surface area contributed by atoms with Gasteiger partial charge in [0.05, 0.1) is 0 Å². The van der Waals surface area contributed by atoms with E-state index in [0.29, 0.717) is 9.99 Å². The van der Waals surface area contributed by atoms with Crippen LogP contribution >= 0.6 is 20.2 Å². The zero-order valence-electron chi connectivity index (χ0n) is 22.1. The SMILES string of the molecule is CCCCCCCCCCCCc1ccccc1S(=O)(=O)OI(c1ccccc1)c1ccc([N+](=O)[O-])cc1. The molecule has 0 bridgehead atoms. The number of benzene rings is 3. The molecule has 8 heteroatoms. The third-order valence-corrected chi connectivity index (χ3v) is 13.8. The Kier molecular flexibility index (Phi) is 12.7. The maximum absolute atomic E-state index is 13.6. The quantitative estimate of drug-likeness (QED) is 0.0630. The van der Waals surface area contributed by atoms with E-state index >= 15 is 0 Å². The number of nitro benzene ring substituents is 1. The van der Waals surface area contributed by atoms with Gasteiger partial charge in [0.15, 0.2) is 0 Å². The minimum atomic E-state index is -4.04. The first kappa shape index (κ1) is 30.2. The van der Waals surface area contributed by atoms with Gasteiger partial charge in [-0.25, -0.2) is 0 Å². The van der Waals surface area contributed by atoms with E-state index in [1.165, 1.54) is 63.5 Å². The predicted molar refractivity (Wildman–Crippen MR) is 161 cm³/mol. The number of hydrogen-bond acceptors (Lipinski definition) is 5. The number of aryl methyl sites for hydroxylation is 1. The van der Waals surface area contributed by atoms with Crippen LogP contribution in [-0.4, -0.2) is 13.3 Å². The molecule has 0 unspecified atom stereocenters. The average molecular weight is 652 g/mol. The Morgan fingerprint density at radius 2 is 1.24 bits per heavy atom. The van der Waals surface area contributed by atoms with E-state index in [9.17, 15) is 18.5 Å². The molecule has 0 heterocycles. The van der Waals surface area contributed by atoms with Crippen LogP contribution in [0.4, 0.5) is 5.69 Å². The van der Waals surface area contributed by atoms with Crippen molar-refractivity contribution in [2.75, 3.05) is 0 Å². The van der Waals surface area contributed by atoms with Crippen LogP contribution in [0.3, 0.4) is 0 Å². The molecule has 0 fully saturated rings. The number of hydrogen-bond donors (Lipinski definition) is 0. The molecule has 0 radical (unpaired) electrons. The summed E-state index contributed by atoms with van der Waals surface area (Å²) in [5.41, 5.74) is 0.738. The third-order valence-electron chi connectivity index (χ3n) is 6.35. The second-order valence-electron chi connectivity index (χ2n) is 9.33. The standard InChI is InChI=1S/C30H38INO5S/c1-2-3-4-5-6-7-8-9-10-12-17-26-18-15-16-21-30(26)38(35,36)37-31(27-19-13-11-14-20-27)28-22-24-29(25-23-28)32(33)34/h11,13-16,18-25H,2-10,12,17H2,1H3. The molecule has 0 amide bonds. The molecule has 0 aliphatic rings. The fourth-order valence-electron chi connectivity index (χ4n) is 4.28. The Hall–Kier alpha value is -2.30. The van der Waals surface area contributed by atoms with Gasteiger partial charge in [0, 0.05) is 0 Å². The monoisotopic (exact) mass is 651 g/mol. The number of nitrogens with zero attached hydrogens (tertiary/aromatic N) is 1. The van der Waals surface area contributed by atoms with Crippen molar-refractivity contribution >= 4 is 36.0 Å². The molecule has 3 rings (SSSR count). The summed E-state index contributed by atoms with van der Waals surface area (Å²) >= 11 is -2.91. The van der Waals surface area contributed by atoms with E-state index in [-0.39, 0.29) is 10.6 Å². The van der Waals surface area contributed by atoms with Crippen molar-refractivity contribution in [3.63, 3.8) is 0 Å². The van der Waals surface area contributed by atoms with Crippen molar-refractivity contribution in [2.24, 2.45) is 0 Å². The predicted octanol–water partition coefficient (Wildman–Crippen LogP) is 8.92. The summed E-state index contributed by atoms with van der Waals surface area (Å²) in [5, 5.41) is 11.1. The minimum absolute atomic E-state index is 0.0395. The van der Waals surface area contributed by atoms with Crippen molar-refractivity contribution in [1.29, 1.82) is 0 Å². The molecule has 3 aromatic carbocycles. The van der Waals surface area contributed by atoms with Crippen molar-refractivity contribution in [3.05, 3.63) is 102 Å². The fraction of sp³-hybridized carbons (Fsp3) is 0.400. The summed E-state index contributed by atoms with van der Waals surface area (Å²) in [7, 11) is -4.04. The van der Waals surface area contributed by atoms with Gasteiger partial charge in [0.2, 0.25) is 0 Å². The Morgan fingerprint density at radius 1 is 0.711 bits per heavy atom. The number of nitro groups is 1. The number of unbranched alkanes of at least 4 members (excludes halogenated alkanes) is 9. The molecule has 0 aliphatic carbocycles. The topological polar surface area (TPSA) is 86.5 Å². The fourth-order valence-corrected chi connectivity index (χ4v) is 11.4. The van der Waals surface area contributed by atoms with Crippen LogP contribution in [0.2, 0.25) is 0 Å². The number of rotatable bonds is 17. The Balaban J connectivity index is 1.67. The summed E-state index contributed by atoms with van der Waals surface area (Å²) < 4.78 is 34.6. The summed E-state index contributed by atoms with van der Waals surface area (Å²) in [5.74, 6) is 0. The van der Waals surface area contributed by atoms with Crippen LogP contribution in [0.25, 0.3) is 0 Å². The Labute approximate surface area is 235 Å². The zero-order chi connectivity index (χ0) is 27.2. The van der Waals surface area contributed by atoms with Gasteiger partial charge >= 0.3 is 210 Å². The second kappa shape index (κ2) is 16.0. The van der Waals surface area contributed by atoms with Gasteiger partial charge in [-0.05, 0) is 0 Å². The molecule has 206 valence electrons. The van der Waals surface area contributed by atoms with E-state index in [2.05, 4.69) is 6.92 Å². The molecule has 0 aliphatic heterocycles. The summed E-state index contributed by atoms with van der Waals surface area (Å²) in [6, 6.07) is 22.4. The Bertz CT molecular complexity index is 1230. The molecule has 0 N–H and O–H groups in total. The number of halogens is 1. The van der Waals surface area contributed by atoms with Crippen LogP contribution in [-0.2, 0) is 19.1 Å². The maximum atomic E-state index is 13.6. The molecular weight excluding hydrogens is 613 g/mol. The van der Waals surface area contributed by atoms with Crippen molar-refractivity contribution in [1.82, 2.24) is 0 Å². The molecule has 0 atom stereocenters. The summed E-state index contributed by atoms with van der Waals surface area (Å²) in [6.07, 6.45) is 12.9. The van der Waals surface area contributed by atoms with Gasteiger partial charge in [-0.15, -0.1) is 0 Å². The molecule has 0 saturated carbocycles. The molecule has 0 saturated heterocycles. The first-order valence-corrected chi connectivity index (χ1v) is 17.9. The van der Waals surface area contributed by atoms with E-state index in [4.69, 9.17) is 2.51 Å². The van der Waals surface area contributed by atoms with Crippen LogP contribution in [0.15, 0.2) is 83.8 Å².